The van der Waals surface area contributed by atoms with Gasteiger partial charge in [0.15, 0.2) is 5.82 Å². The van der Waals surface area contributed by atoms with E-state index in [4.69, 9.17) is 0 Å². The highest BCUT2D eigenvalue weighted by Gasteiger charge is 2.27. The first-order chi connectivity index (χ1) is 13.2. The number of benzene rings is 1. The lowest BCUT2D eigenvalue weighted by Gasteiger charge is -2.32. The topological polar surface area (TPSA) is 75.9 Å². The summed E-state index contributed by atoms with van der Waals surface area (Å²) in [5, 5.41) is 7.23. The molecule has 1 N–H and O–H groups in total. The number of carbonyl (C=O) groups excluding carboxylic acids is 1. The highest BCUT2D eigenvalue weighted by atomic mass is 79.9. The Bertz CT molecular complexity index is 929. The van der Waals surface area contributed by atoms with Crippen LogP contribution in [0.5, 0.6) is 0 Å². The molecule has 8 heteroatoms. The quantitative estimate of drug-likeness (QED) is 0.692. The molecule has 27 heavy (non-hydrogen) atoms. The van der Waals surface area contributed by atoms with Crippen LogP contribution >= 0.6 is 15.9 Å². The molecule has 3 heterocycles. The minimum atomic E-state index is -0.0825. The van der Waals surface area contributed by atoms with Crippen molar-refractivity contribution in [3.63, 3.8) is 0 Å². The fourth-order valence-corrected chi connectivity index (χ4v) is 3.65. The molecule has 0 radical (unpaired) electrons. The lowest BCUT2D eigenvalue weighted by Crippen LogP contribution is -2.41. The van der Waals surface area contributed by atoms with Gasteiger partial charge in [-0.1, -0.05) is 22.0 Å². The molecule has 1 saturated heterocycles. The minimum absolute atomic E-state index is 0.0409. The van der Waals surface area contributed by atoms with Gasteiger partial charge in [-0.15, -0.1) is 0 Å². The Morgan fingerprint density at radius 1 is 1.19 bits per heavy atom. The van der Waals surface area contributed by atoms with Gasteiger partial charge in [-0.25, -0.2) is 14.6 Å². The van der Waals surface area contributed by atoms with E-state index in [-0.39, 0.29) is 11.8 Å². The maximum Gasteiger partial charge on any atom is 0.229 e. The van der Waals surface area contributed by atoms with E-state index in [9.17, 15) is 4.79 Å². The number of rotatable bonds is 4. The Kier molecular flexibility index (Phi) is 5.15. The molecule has 2 aromatic heterocycles. The molecule has 1 fully saturated rings. The lowest BCUT2D eigenvalue weighted by atomic mass is 9.97. The number of piperidine rings is 1. The van der Waals surface area contributed by atoms with Crippen LogP contribution in [0.25, 0.3) is 5.82 Å². The second-order valence-corrected chi connectivity index (χ2v) is 7.39. The van der Waals surface area contributed by atoms with Crippen LogP contribution in [-0.4, -0.2) is 38.7 Å². The summed E-state index contributed by atoms with van der Waals surface area (Å²) in [6.45, 7) is 1.51. The molecule has 138 valence electrons. The molecule has 0 saturated carbocycles. The van der Waals surface area contributed by atoms with E-state index >= 15 is 0 Å². The first kappa shape index (κ1) is 17.7. The zero-order valence-corrected chi connectivity index (χ0v) is 16.2. The summed E-state index contributed by atoms with van der Waals surface area (Å²) in [4.78, 5) is 23.5. The standard InChI is InChI=1S/C19H19BrN6O/c20-15-5-1-6-16(10-15)24-19(27)14-4-2-8-25(12-14)17-11-18(22-13-21-17)26-9-3-7-23-26/h1,3,5-7,9-11,13-14H,2,4,8,12H2,(H,24,27). The molecular weight excluding hydrogens is 408 g/mol. The fraction of sp³-hybridized carbons (Fsp3) is 0.263. The molecule has 3 aromatic rings. The molecule has 1 unspecified atom stereocenters. The van der Waals surface area contributed by atoms with Gasteiger partial charge in [0, 0.05) is 41.7 Å². The zero-order chi connectivity index (χ0) is 18.6. The average Bonchev–Trinajstić information content (AvgIpc) is 3.23. The Balaban J connectivity index is 1.46. The van der Waals surface area contributed by atoms with Crippen molar-refractivity contribution in [3.05, 3.63) is 59.6 Å². The molecule has 1 aliphatic rings. The Morgan fingerprint density at radius 3 is 2.89 bits per heavy atom. The summed E-state index contributed by atoms with van der Waals surface area (Å²) in [5.41, 5.74) is 0.800. The van der Waals surface area contributed by atoms with Crippen LogP contribution in [0.15, 0.2) is 59.6 Å². The van der Waals surface area contributed by atoms with Crippen molar-refractivity contribution in [2.75, 3.05) is 23.3 Å². The molecule has 1 aliphatic heterocycles. The van der Waals surface area contributed by atoms with E-state index in [2.05, 4.69) is 41.2 Å². The van der Waals surface area contributed by atoms with Gasteiger partial charge in [-0.3, -0.25) is 4.79 Å². The van der Waals surface area contributed by atoms with Gasteiger partial charge in [0.2, 0.25) is 5.91 Å². The van der Waals surface area contributed by atoms with E-state index in [1.54, 1.807) is 10.9 Å². The van der Waals surface area contributed by atoms with Crippen LogP contribution in [-0.2, 0) is 4.79 Å². The number of aromatic nitrogens is 4. The fourth-order valence-electron chi connectivity index (χ4n) is 3.25. The highest BCUT2D eigenvalue weighted by Crippen LogP contribution is 2.24. The molecule has 1 atom stereocenters. The van der Waals surface area contributed by atoms with Crippen LogP contribution in [0.1, 0.15) is 12.8 Å². The first-order valence-corrected chi connectivity index (χ1v) is 9.62. The minimum Gasteiger partial charge on any atom is -0.356 e. The summed E-state index contributed by atoms with van der Waals surface area (Å²) >= 11 is 3.43. The largest absolute Gasteiger partial charge is 0.356 e. The predicted octanol–water partition coefficient (Wildman–Crippen LogP) is 3.28. The molecule has 0 aliphatic carbocycles. The van der Waals surface area contributed by atoms with Gasteiger partial charge in [0.1, 0.15) is 12.1 Å². The highest BCUT2D eigenvalue weighted by molar-refractivity contribution is 9.10. The Hall–Kier alpha value is -2.74. The third-order valence-electron chi connectivity index (χ3n) is 4.59. The third-order valence-corrected chi connectivity index (χ3v) is 5.08. The second kappa shape index (κ2) is 7.87. The predicted molar refractivity (Wildman–Crippen MR) is 107 cm³/mol. The van der Waals surface area contributed by atoms with E-state index in [1.165, 1.54) is 6.33 Å². The van der Waals surface area contributed by atoms with Gasteiger partial charge < -0.3 is 10.2 Å². The molecule has 1 aromatic carbocycles. The lowest BCUT2D eigenvalue weighted by molar-refractivity contribution is -0.120. The average molecular weight is 427 g/mol. The van der Waals surface area contributed by atoms with Crippen molar-refractivity contribution in [2.24, 2.45) is 5.92 Å². The molecular formula is C19H19BrN6O. The second-order valence-electron chi connectivity index (χ2n) is 6.47. The Labute approximate surface area is 165 Å². The smallest absolute Gasteiger partial charge is 0.229 e. The molecule has 4 rings (SSSR count). The summed E-state index contributed by atoms with van der Waals surface area (Å²) in [7, 11) is 0. The number of anilines is 2. The number of carbonyl (C=O) groups is 1. The number of hydrogen-bond donors (Lipinski definition) is 1. The number of hydrogen-bond acceptors (Lipinski definition) is 5. The van der Waals surface area contributed by atoms with Gasteiger partial charge in [-0.05, 0) is 37.1 Å². The van der Waals surface area contributed by atoms with Crippen molar-refractivity contribution < 1.29 is 4.79 Å². The Morgan fingerprint density at radius 2 is 2.07 bits per heavy atom. The molecule has 1 amide bonds. The van der Waals surface area contributed by atoms with Crippen LogP contribution in [0.4, 0.5) is 11.5 Å². The summed E-state index contributed by atoms with van der Waals surface area (Å²) < 4.78 is 2.64. The summed E-state index contributed by atoms with van der Waals surface area (Å²) in [6, 6.07) is 11.4. The van der Waals surface area contributed by atoms with Crippen molar-refractivity contribution in [3.8, 4) is 5.82 Å². The van der Waals surface area contributed by atoms with Crippen LogP contribution in [0.2, 0.25) is 0 Å². The maximum absolute atomic E-state index is 12.7. The van der Waals surface area contributed by atoms with Crippen LogP contribution in [0, 0.1) is 5.92 Å². The zero-order valence-electron chi connectivity index (χ0n) is 14.6. The third kappa shape index (κ3) is 4.16. The van der Waals surface area contributed by atoms with Gasteiger partial charge >= 0.3 is 0 Å². The number of amides is 1. The maximum atomic E-state index is 12.7. The van der Waals surface area contributed by atoms with Crippen molar-refractivity contribution >= 4 is 33.3 Å². The van der Waals surface area contributed by atoms with Crippen molar-refractivity contribution in [2.45, 2.75) is 12.8 Å². The van der Waals surface area contributed by atoms with Gasteiger partial charge in [0.25, 0.3) is 0 Å². The van der Waals surface area contributed by atoms with Crippen LogP contribution in [0.3, 0.4) is 0 Å². The van der Waals surface area contributed by atoms with E-state index in [0.717, 1.165) is 35.4 Å². The summed E-state index contributed by atoms with van der Waals surface area (Å²) in [6.07, 6.45) is 6.91. The molecule has 7 nitrogen and oxygen atoms in total. The SMILES string of the molecule is O=C(Nc1cccc(Br)c1)C1CCCN(c2cc(-n3cccn3)ncn2)C1. The van der Waals surface area contributed by atoms with Crippen LogP contribution < -0.4 is 10.2 Å². The normalized spacial score (nSPS) is 16.9. The number of nitrogens with one attached hydrogen (secondary N) is 1. The van der Waals surface area contributed by atoms with Crippen molar-refractivity contribution in [1.29, 1.82) is 0 Å². The molecule has 0 spiro atoms. The molecule has 0 bridgehead atoms. The first-order valence-electron chi connectivity index (χ1n) is 8.82. The van der Waals surface area contributed by atoms with Gasteiger partial charge in [0.05, 0.1) is 5.92 Å². The number of nitrogens with zero attached hydrogens (tertiary/aromatic N) is 5. The monoisotopic (exact) mass is 426 g/mol. The van der Waals surface area contributed by atoms with E-state index < -0.39 is 0 Å². The van der Waals surface area contributed by atoms with E-state index in [1.807, 2.05) is 42.6 Å². The summed E-state index contributed by atoms with van der Waals surface area (Å²) in [5.74, 6) is 1.49. The van der Waals surface area contributed by atoms with Gasteiger partial charge in [-0.2, -0.15) is 5.10 Å². The van der Waals surface area contributed by atoms with E-state index in [0.29, 0.717) is 12.4 Å². The number of halogens is 1. The van der Waals surface area contributed by atoms with Crippen molar-refractivity contribution in [1.82, 2.24) is 19.7 Å².